The smallest absolute Gasteiger partial charge is 0.222 e. The lowest BCUT2D eigenvalue weighted by Gasteiger charge is -2.28. The first-order valence-corrected chi connectivity index (χ1v) is 8.03. The Labute approximate surface area is 128 Å². The van der Waals surface area contributed by atoms with Crippen molar-refractivity contribution >= 4 is 5.91 Å². The van der Waals surface area contributed by atoms with Gasteiger partial charge >= 0.3 is 0 Å². The minimum absolute atomic E-state index is 0.210. The van der Waals surface area contributed by atoms with Gasteiger partial charge in [0.05, 0.1) is 0 Å². The summed E-state index contributed by atoms with van der Waals surface area (Å²) in [4.78, 5) is 14.3. The number of carbonyl (C=O) groups excluding carboxylic acids is 1. The van der Waals surface area contributed by atoms with Crippen LogP contribution in [0.2, 0.25) is 0 Å². The van der Waals surface area contributed by atoms with E-state index in [1.807, 2.05) is 11.9 Å². The van der Waals surface area contributed by atoms with Gasteiger partial charge in [0.2, 0.25) is 5.91 Å². The van der Waals surface area contributed by atoms with E-state index in [-0.39, 0.29) is 6.04 Å². The number of aryl methyl sites for hydroxylation is 2. The molecule has 1 saturated heterocycles. The van der Waals surface area contributed by atoms with Crippen LogP contribution in [0.1, 0.15) is 48.9 Å². The van der Waals surface area contributed by atoms with E-state index >= 15 is 0 Å². The Bertz CT molecular complexity index is 498. The van der Waals surface area contributed by atoms with Crippen molar-refractivity contribution in [2.75, 3.05) is 20.1 Å². The Morgan fingerprint density at radius 3 is 2.81 bits per heavy atom. The molecule has 1 amide bonds. The molecule has 0 radical (unpaired) electrons. The highest BCUT2D eigenvalue weighted by atomic mass is 16.2. The number of nitrogens with zero attached hydrogens (tertiary/aromatic N) is 1. The standard InChI is InChI=1S/C18H28N2O/c1-13-6-8-18(21)20(10-9-13)12-17(19-4)16-11-14(2)5-7-15(16)3/h5,7,11,13,17,19H,6,8-10,12H2,1-4H3. The minimum atomic E-state index is 0.210. The lowest BCUT2D eigenvalue weighted by molar-refractivity contribution is -0.131. The second-order valence-electron chi connectivity index (χ2n) is 6.47. The molecule has 21 heavy (non-hydrogen) atoms. The van der Waals surface area contributed by atoms with Gasteiger partial charge in [-0.1, -0.05) is 30.7 Å². The molecule has 3 heteroatoms. The van der Waals surface area contributed by atoms with Crippen molar-refractivity contribution in [3.8, 4) is 0 Å². The molecule has 0 aromatic heterocycles. The summed E-state index contributed by atoms with van der Waals surface area (Å²) < 4.78 is 0. The highest BCUT2D eigenvalue weighted by molar-refractivity contribution is 5.76. The number of likely N-dealkylation sites (tertiary alicyclic amines) is 1. The molecular formula is C18H28N2O. The van der Waals surface area contributed by atoms with E-state index in [1.165, 1.54) is 16.7 Å². The SMILES string of the molecule is CNC(CN1CCC(C)CCC1=O)c1cc(C)ccc1C. The molecule has 3 nitrogen and oxygen atoms in total. The maximum absolute atomic E-state index is 12.3. The maximum atomic E-state index is 12.3. The average Bonchev–Trinajstić information content (AvgIpc) is 2.62. The van der Waals surface area contributed by atoms with Crippen LogP contribution in [0.5, 0.6) is 0 Å². The molecule has 1 fully saturated rings. The van der Waals surface area contributed by atoms with Gasteiger partial charge in [0.1, 0.15) is 0 Å². The summed E-state index contributed by atoms with van der Waals surface area (Å²) in [5.41, 5.74) is 3.87. The van der Waals surface area contributed by atoms with Gasteiger partial charge in [-0.05, 0) is 50.8 Å². The highest BCUT2D eigenvalue weighted by Gasteiger charge is 2.23. The molecule has 1 aliphatic heterocycles. The Hall–Kier alpha value is -1.35. The van der Waals surface area contributed by atoms with Crippen LogP contribution in [0.3, 0.4) is 0 Å². The first-order chi connectivity index (χ1) is 10.0. The van der Waals surface area contributed by atoms with Crippen LogP contribution in [0.15, 0.2) is 18.2 Å². The van der Waals surface area contributed by atoms with Crippen molar-refractivity contribution in [1.29, 1.82) is 0 Å². The zero-order chi connectivity index (χ0) is 15.4. The van der Waals surface area contributed by atoms with Crippen LogP contribution in [0, 0.1) is 19.8 Å². The molecule has 1 aliphatic rings. The Morgan fingerprint density at radius 1 is 1.33 bits per heavy atom. The normalized spacial score (nSPS) is 21.2. The summed E-state index contributed by atoms with van der Waals surface area (Å²) in [6.07, 6.45) is 2.85. The molecule has 0 aliphatic carbocycles. The first kappa shape index (κ1) is 16.0. The molecule has 1 aromatic carbocycles. The second-order valence-corrected chi connectivity index (χ2v) is 6.47. The predicted molar refractivity (Wildman–Crippen MR) is 87.3 cm³/mol. The van der Waals surface area contributed by atoms with E-state index in [9.17, 15) is 4.79 Å². The van der Waals surface area contributed by atoms with E-state index < -0.39 is 0 Å². The van der Waals surface area contributed by atoms with E-state index in [1.54, 1.807) is 0 Å². The summed E-state index contributed by atoms with van der Waals surface area (Å²) in [5, 5.41) is 3.39. The fourth-order valence-corrected chi connectivity index (χ4v) is 3.07. The van der Waals surface area contributed by atoms with Gasteiger partial charge in [-0.15, -0.1) is 0 Å². The lowest BCUT2D eigenvalue weighted by atomic mass is 9.98. The summed E-state index contributed by atoms with van der Waals surface area (Å²) in [5.74, 6) is 0.970. The third-order valence-corrected chi connectivity index (χ3v) is 4.66. The molecule has 0 bridgehead atoms. The first-order valence-electron chi connectivity index (χ1n) is 8.03. The number of hydrogen-bond donors (Lipinski definition) is 1. The largest absolute Gasteiger partial charge is 0.341 e. The van der Waals surface area contributed by atoms with Crippen molar-refractivity contribution in [1.82, 2.24) is 10.2 Å². The number of amides is 1. The quantitative estimate of drug-likeness (QED) is 0.922. The molecule has 2 unspecified atom stereocenters. The molecule has 1 aromatic rings. The maximum Gasteiger partial charge on any atom is 0.222 e. The van der Waals surface area contributed by atoms with Gasteiger partial charge in [0, 0.05) is 25.6 Å². The van der Waals surface area contributed by atoms with Gasteiger partial charge in [0.15, 0.2) is 0 Å². The van der Waals surface area contributed by atoms with Crippen LogP contribution in [-0.4, -0.2) is 30.9 Å². The van der Waals surface area contributed by atoms with Crippen LogP contribution in [0.4, 0.5) is 0 Å². The molecule has 0 spiro atoms. The molecular weight excluding hydrogens is 260 g/mol. The zero-order valence-corrected chi connectivity index (χ0v) is 13.8. The van der Waals surface area contributed by atoms with E-state index in [2.05, 4.69) is 44.3 Å². The molecule has 2 rings (SSSR count). The second kappa shape index (κ2) is 7.08. The zero-order valence-electron chi connectivity index (χ0n) is 13.8. The monoisotopic (exact) mass is 288 g/mol. The molecule has 116 valence electrons. The molecule has 0 saturated carbocycles. The van der Waals surface area contributed by atoms with Crippen molar-refractivity contribution in [2.45, 2.75) is 46.1 Å². The van der Waals surface area contributed by atoms with Gasteiger partial charge in [-0.3, -0.25) is 4.79 Å². The van der Waals surface area contributed by atoms with Crippen molar-refractivity contribution < 1.29 is 4.79 Å². The number of carbonyl (C=O) groups is 1. The van der Waals surface area contributed by atoms with E-state index in [4.69, 9.17) is 0 Å². The highest BCUT2D eigenvalue weighted by Crippen LogP contribution is 2.23. The Balaban J connectivity index is 2.14. The number of benzene rings is 1. The number of likely N-dealkylation sites (N-methyl/N-ethyl adjacent to an activating group) is 1. The summed E-state index contributed by atoms with van der Waals surface area (Å²) >= 11 is 0. The van der Waals surface area contributed by atoms with Crippen LogP contribution < -0.4 is 5.32 Å². The third kappa shape index (κ3) is 4.07. The van der Waals surface area contributed by atoms with Crippen molar-refractivity contribution in [3.05, 3.63) is 34.9 Å². The van der Waals surface area contributed by atoms with Gasteiger partial charge in [-0.2, -0.15) is 0 Å². The summed E-state index contributed by atoms with van der Waals surface area (Å²) in [6, 6.07) is 6.76. The van der Waals surface area contributed by atoms with Gasteiger partial charge < -0.3 is 10.2 Å². The number of rotatable bonds is 4. The van der Waals surface area contributed by atoms with Crippen molar-refractivity contribution in [2.24, 2.45) is 5.92 Å². The lowest BCUT2D eigenvalue weighted by Crippen LogP contribution is -2.38. The molecule has 1 heterocycles. The minimum Gasteiger partial charge on any atom is -0.341 e. The number of nitrogens with one attached hydrogen (secondary N) is 1. The topological polar surface area (TPSA) is 32.3 Å². The van der Waals surface area contributed by atoms with Gasteiger partial charge in [-0.25, -0.2) is 0 Å². The van der Waals surface area contributed by atoms with Crippen LogP contribution >= 0.6 is 0 Å². The third-order valence-electron chi connectivity index (χ3n) is 4.66. The van der Waals surface area contributed by atoms with Gasteiger partial charge in [0.25, 0.3) is 0 Å². The number of hydrogen-bond acceptors (Lipinski definition) is 2. The predicted octanol–water partition coefficient (Wildman–Crippen LogP) is 3.21. The van der Waals surface area contributed by atoms with E-state index in [0.717, 1.165) is 25.9 Å². The fraction of sp³-hybridized carbons (Fsp3) is 0.611. The summed E-state index contributed by atoms with van der Waals surface area (Å²) in [6.45, 7) is 8.17. The fourth-order valence-electron chi connectivity index (χ4n) is 3.07. The Kier molecular flexibility index (Phi) is 5.40. The van der Waals surface area contributed by atoms with Crippen LogP contribution in [0.25, 0.3) is 0 Å². The summed E-state index contributed by atoms with van der Waals surface area (Å²) in [7, 11) is 1.98. The Morgan fingerprint density at radius 2 is 2.10 bits per heavy atom. The average molecular weight is 288 g/mol. The molecule has 1 N–H and O–H groups in total. The van der Waals surface area contributed by atoms with E-state index in [0.29, 0.717) is 18.2 Å². The van der Waals surface area contributed by atoms with Crippen molar-refractivity contribution in [3.63, 3.8) is 0 Å². The molecule has 2 atom stereocenters. The van der Waals surface area contributed by atoms with Crippen LogP contribution in [-0.2, 0) is 4.79 Å².